The second-order valence-corrected chi connectivity index (χ2v) is 5.41. The highest BCUT2D eigenvalue weighted by Gasteiger charge is 2.09. The molecule has 0 fully saturated rings. The van der Waals surface area contributed by atoms with Crippen molar-refractivity contribution < 1.29 is 4.39 Å². The molecule has 0 aliphatic carbocycles. The largest absolute Gasteiger partial charge is 0.382 e. The number of nitrogens with zero attached hydrogens (tertiary/aromatic N) is 1. The van der Waals surface area contributed by atoms with Crippen molar-refractivity contribution >= 4 is 63.1 Å². The predicted molar refractivity (Wildman–Crippen MR) is 81.1 cm³/mol. The lowest BCUT2D eigenvalue weighted by molar-refractivity contribution is 0.627. The molecule has 0 spiro atoms. The Kier molecular flexibility index (Phi) is 4.14. The molecule has 3 N–H and O–H groups in total. The molecule has 0 saturated carbocycles. The molecule has 0 amide bonds. The first-order chi connectivity index (χ1) is 8.47. The van der Waals surface area contributed by atoms with Gasteiger partial charge >= 0.3 is 0 Å². The molecule has 2 aromatic rings. The van der Waals surface area contributed by atoms with Crippen molar-refractivity contribution in [1.82, 2.24) is 4.98 Å². The fourth-order valence-electron chi connectivity index (χ4n) is 1.29. The van der Waals surface area contributed by atoms with Crippen LogP contribution in [0.15, 0.2) is 24.3 Å². The van der Waals surface area contributed by atoms with Gasteiger partial charge in [0.05, 0.1) is 15.7 Å². The van der Waals surface area contributed by atoms with Crippen LogP contribution in [0.1, 0.15) is 0 Å². The Morgan fingerprint density at radius 2 is 1.94 bits per heavy atom. The molecule has 18 heavy (non-hydrogen) atoms. The minimum atomic E-state index is -0.306. The third-order valence-corrected chi connectivity index (χ3v) is 3.62. The SMILES string of the molecule is Nc1nc(Nc2ccc(F)cc2I)c(Cl)cc1Cl. The Hall–Kier alpha value is -0.790. The van der Waals surface area contributed by atoms with E-state index in [1.54, 1.807) is 6.07 Å². The van der Waals surface area contributed by atoms with E-state index in [-0.39, 0.29) is 11.6 Å². The summed E-state index contributed by atoms with van der Waals surface area (Å²) in [5.74, 6) is 0.253. The second-order valence-electron chi connectivity index (χ2n) is 3.44. The van der Waals surface area contributed by atoms with Crippen LogP contribution in [0.25, 0.3) is 0 Å². The highest BCUT2D eigenvalue weighted by Crippen LogP contribution is 2.31. The third-order valence-electron chi connectivity index (χ3n) is 2.14. The van der Waals surface area contributed by atoms with Gasteiger partial charge in [0.25, 0.3) is 0 Å². The van der Waals surface area contributed by atoms with Crippen LogP contribution in [0, 0.1) is 9.39 Å². The first-order valence-electron chi connectivity index (χ1n) is 4.81. The van der Waals surface area contributed by atoms with E-state index in [9.17, 15) is 4.39 Å². The minimum Gasteiger partial charge on any atom is -0.382 e. The van der Waals surface area contributed by atoms with Crippen LogP contribution in [0.2, 0.25) is 10.0 Å². The summed E-state index contributed by atoms with van der Waals surface area (Å²) in [4.78, 5) is 4.04. The van der Waals surface area contributed by atoms with Crippen LogP contribution in [0.3, 0.4) is 0 Å². The average molecular weight is 398 g/mol. The lowest BCUT2D eigenvalue weighted by Gasteiger charge is -2.10. The van der Waals surface area contributed by atoms with Crippen LogP contribution in [-0.2, 0) is 0 Å². The topological polar surface area (TPSA) is 50.9 Å². The summed E-state index contributed by atoms with van der Waals surface area (Å²) >= 11 is 13.8. The van der Waals surface area contributed by atoms with Gasteiger partial charge in [0, 0.05) is 3.57 Å². The number of pyridine rings is 1. The fraction of sp³-hybridized carbons (Fsp3) is 0. The molecule has 7 heteroatoms. The zero-order valence-corrected chi connectivity index (χ0v) is 12.5. The van der Waals surface area contributed by atoms with Gasteiger partial charge in [-0.2, -0.15) is 0 Å². The first-order valence-corrected chi connectivity index (χ1v) is 6.64. The monoisotopic (exact) mass is 397 g/mol. The zero-order chi connectivity index (χ0) is 13.3. The van der Waals surface area contributed by atoms with Crippen LogP contribution < -0.4 is 11.1 Å². The van der Waals surface area contributed by atoms with E-state index in [0.29, 0.717) is 25.1 Å². The van der Waals surface area contributed by atoms with Gasteiger partial charge in [0.1, 0.15) is 11.6 Å². The lowest BCUT2D eigenvalue weighted by Crippen LogP contribution is -2.00. The summed E-state index contributed by atoms with van der Waals surface area (Å²) in [6, 6.07) is 5.85. The van der Waals surface area contributed by atoms with Crippen molar-refractivity contribution in [3.63, 3.8) is 0 Å². The van der Waals surface area contributed by atoms with Crippen molar-refractivity contribution in [2.45, 2.75) is 0 Å². The van der Waals surface area contributed by atoms with Crippen LogP contribution in [0.5, 0.6) is 0 Å². The highest BCUT2D eigenvalue weighted by atomic mass is 127. The smallest absolute Gasteiger partial charge is 0.151 e. The number of hydrogen-bond acceptors (Lipinski definition) is 3. The van der Waals surface area contributed by atoms with Crippen molar-refractivity contribution in [2.75, 3.05) is 11.1 Å². The van der Waals surface area contributed by atoms with E-state index in [1.165, 1.54) is 18.2 Å². The molecular formula is C11H7Cl2FIN3. The number of hydrogen-bond donors (Lipinski definition) is 2. The minimum absolute atomic E-state index is 0.181. The molecule has 0 aliphatic rings. The Morgan fingerprint density at radius 1 is 1.22 bits per heavy atom. The van der Waals surface area contributed by atoms with Crippen molar-refractivity contribution in [1.29, 1.82) is 0 Å². The molecule has 0 bridgehead atoms. The fourth-order valence-corrected chi connectivity index (χ4v) is 2.30. The molecule has 0 radical (unpaired) electrons. The standard InChI is InChI=1S/C11H7Cl2FIN3/c12-6-4-7(13)11(18-10(6)16)17-9-2-1-5(14)3-8(9)15/h1-4H,(H3,16,17,18). The van der Waals surface area contributed by atoms with Crippen molar-refractivity contribution in [3.05, 3.63) is 43.7 Å². The normalized spacial score (nSPS) is 10.4. The number of nitrogens with two attached hydrogens (primary N) is 1. The summed E-state index contributed by atoms with van der Waals surface area (Å²) in [5.41, 5.74) is 6.29. The molecule has 0 saturated heterocycles. The van der Waals surface area contributed by atoms with Crippen LogP contribution in [-0.4, -0.2) is 4.98 Å². The van der Waals surface area contributed by atoms with Crippen LogP contribution >= 0.6 is 45.8 Å². The summed E-state index contributed by atoms with van der Waals surface area (Å²) in [6.45, 7) is 0. The van der Waals surface area contributed by atoms with Gasteiger partial charge in [-0.15, -0.1) is 0 Å². The van der Waals surface area contributed by atoms with E-state index < -0.39 is 0 Å². The molecule has 2 rings (SSSR count). The van der Waals surface area contributed by atoms with Gasteiger partial charge in [-0.1, -0.05) is 23.2 Å². The Bertz CT molecular complexity index is 607. The molecule has 1 aromatic carbocycles. The molecule has 1 aromatic heterocycles. The summed E-state index contributed by atoms with van der Waals surface area (Å²) < 4.78 is 13.7. The molecule has 0 aliphatic heterocycles. The number of halogens is 4. The average Bonchev–Trinajstić information content (AvgIpc) is 2.29. The van der Waals surface area contributed by atoms with Gasteiger partial charge < -0.3 is 11.1 Å². The van der Waals surface area contributed by atoms with E-state index in [4.69, 9.17) is 28.9 Å². The van der Waals surface area contributed by atoms with Gasteiger partial charge in [-0.25, -0.2) is 9.37 Å². The van der Waals surface area contributed by atoms with Gasteiger partial charge in [-0.05, 0) is 46.9 Å². The molecule has 0 unspecified atom stereocenters. The van der Waals surface area contributed by atoms with E-state index in [1.807, 2.05) is 22.6 Å². The summed E-state index contributed by atoms with van der Waals surface area (Å²) in [6.07, 6.45) is 0. The number of nitrogen functional groups attached to an aromatic ring is 1. The van der Waals surface area contributed by atoms with Crippen molar-refractivity contribution in [3.8, 4) is 0 Å². The first kappa shape index (κ1) is 13.6. The predicted octanol–water partition coefficient (Wildman–Crippen LogP) is 4.46. The Balaban J connectivity index is 2.37. The van der Waals surface area contributed by atoms with E-state index in [2.05, 4.69) is 10.3 Å². The van der Waals surface area contributed by atoms with Crippen LogP contribution in [0.4, 0.5) is 21.7 Å². The molecule has 1 heterocycles. The zero-order valence-electron chi connectivity index (χ0n) is 8.85. The highest BCUT2D eigenvalue weighted by molar-refractivity contribution is 14.1. The quantitative estimate of drug-likeness (QED) is 0.735. The number of benzene rings is 1. The lowest BCUT2D eigenvalue weighted by atomic mass is 10.3. The van der Waals surface area contributed by atoms with Gasteiger partial charge in [0.2, 0.25) is 0 Å². The third kappa shape index (κ3) is 2.96. The second kappa shape index (κ2) is 5.46. The van der Waals surface area contributed by atoms with E-state index >= 15 is 0 Å². The molecule has 94 valence electrons. The van der Waals surface area contributed by atoms with Gasteiger partial charge in [0.15, 0.2) is 5.82 Å². The maximum Gasteiger partial charge on any atom is 0.151 e. The Labute approximate surface area is 127 Å². The number of aromatic nitrogens is 1. The van der Waals surface area contributed by atoms with Crippen molar-refractivity contribution in [2.24, 2.45) is 0 Å². The van der Waals surface area contributed by atoms with Gasteiger partial charge in [-0.3, -0.25) is 0 Å². The maximum absolute atomic E-state index is 13.0. The number of rotatable bonds is 2. The Morgan fingerprint density at radius 3 is 2.61 bits per heavy atom. The molecular weight excluding hydrogens is 391 g/mol. The van der Waals surface area contributed by atoms with E-state index in [0.717, 1.165) is 0 Å². The number of nitrogens with one attached hydrogen (secondary N) is 1. The molecule has 0 atom stereocenters. The maximum atomic E-state index is 13.0. The summed E-state index contributed by atoms with van der Waals surface area (Å²) in [5, 5.41) is 3.61. The molecule has 3 nitrogen and oxygen atoms in total. The summed E-state index contributed by atoms with van der Waals surface area (Å²) in [7, 11) is 0. The number of anilines is 3.